The van der Waals surface area contributed by atoms with E-state index >= 15 is 0 Å². The first-order chi connectivity index (χ1) is 16.7. The number of hydrogen-bond acceptors (Lipinski definition) is 4. The molecule has 35 heavy (non-hydrogen) atoms. The van der Waals surface area contributed by atoms with Gasteiger partial charge in [0.05, 0.1) is 6.54 Å². The van der Waals surface area contributed by atoms with Crippen molar-refractivity contribution in [1.82, 2.24) is 19.6 Å². The van der Waals surface area contributed by atoms with Gasteiger partial charge in [-0.2, -0.15) is 0 Å². The van der Waals surface area contributed by atoms with E-state index in [0.717, 1.165) is 24.2 Å². The Bertz CT molecular complexity index is 1150. The predicted molar refractivity (Wildman–Crippen MR) is 132 cm³/mol. The zero-order chi connectivity index (χ0) is 25.1. The number of rotatable bonds is 6. The van der Waals surface area contributed by atoms with Crippen LogP contribution in [-0.2, 0) is 22.7 Å². The highest BCUT2D eigenvalue weighted by molar-refractivity contribution is 6.30. The topological polar surface area (TPSA) is 64.2 Å². The molecule has 9 heteroatoms. The van der Waals surface area contributed by atoms with Crippen molar-refractivity contribution in [3.63, 3.8) is 0 Å². The zero-order valence-corrected chi connectivity index (χ0v) is 20.5. The Morgan fingerprint density at radius 2 is 1.86 bits per heavy atom. The molecule has 0 aliphatic carbocycles. The standard InChI is InChI=1S/C26H28ClFN4O3/c1-18-14-30(15-19-3-8-23(28)9-4-19)11-12-31(18)24(33)10-6-20-5-7-22(27)13-21(20)16-32-25(34)17-29(2)26(32)35/h3-10,13,18H,11-12,14-17H2,1-2H3/t18-/m1/s1. The lowest BCUT2D eigenvalue weighted by atomic mass is 10.1. The maximum absolute atomic E-state index is 13.2. The van der Waals surface area contributed by atoms with Gasteiger partial charge in [-0.3, -0.25) is 19.4 Å². The van der Waals surface area contributed by atoms with Gasteiger partial charge in [-0.15, -0.1) is 0 Å². The van der Waals surface area contributed by atoms with Crippen LogP contribution in [0.15, 0.2) is 48.5 Å². The summed E-state index contributed by atoms with van der Waals surface area (Å²) < 4.78 is 13.2. The molecule has 0 spiro atoms. The lowest BCUT2D eigenvalue weighted by Crippen LogP contribution is -2.53. The Kier molecular flexibility index (Phi) is 7.52. The van der Waals surface area contributed by atoms with Crippen molar-refractivity contribution in [1.29, 1.82) is 0 Å². The number of nitrogens with zero attached hydrogens (tertiary/aromatic N) is 4. The van der Waals surface area contributed by atoms with Crippen LogP contribution < -0.4 is 0 Å². The molecular formula is C26H28ClFN4O3. The van der Waals surface area contributed by atoms with Crippen molar-refractivity contribution in [2.24, 2.45) is 0 Å². The van der Waals surface area contributed by atoms with Crippen LogP contribution in [0.1, 0.15) is 23.6 Å². The van der Waals surface area contributed by atoms with Gasteiger partial charge in [0.2, 0.25) is 5.91 Å². The molecule has 0 bridgehead atoms. The molecule has 0 radical (unpaired) electrons. The van der Waals surface area contributed by atoms with E-state index in [1.54, 1.807) is 43.5 Å². The van der Waals surface area contributed by atoms with E-state index in [0.29, 0.717) is 23.7 Å². The summed E-state index contributed by atoms with van der Waals surface area (Å²) in [6, 6.07) is 11.4. The van der Waals surface area contributed by atoms with Crippen LogP contribution in [-0.4, -0.2) is 76.7 Å². The molecule has 0 aromatic heterocycles. The van der Waals surface area contributed by atoms with E-state index in [2.05, 4.69) is 4.90 Å². The van der Waals surface area contributed by atoms with E-state index < -0.39 is 0 Å². The Morgan fingerprint density at radius 1 is 1.11 bits per heavy atom. The zero-order valence-electron chi connectivity index (χ0n) is 19.8. The number of hydrogen-bond donors (Lipinski definition) is 0. The number of amides is 4. The highest BCUT2D eigenvalue weighted by Crippen LogP contribution is 2.22. The summed E-state index contributed by atoms with van der Waals surface area (Å²) in [6.45, 7) is 4.89. The van der Waals surface area contributed by atoms with E-state index in [9.17, 15) is 18.8 Å². The maximum atomic E-state index is 13.2. The summed E-state index contributed by atoms with van der Waals surface area (Å²) in [5.74, 6) is -0.622. The molecule has 0 unspecified atom stereocenters. The van der Waals surface area contributed by atoms with Gasteiger partial charge in [-0.25, -0.2) is 9.18 Å². The van der Waals surface area contributed by atoms with Crippen molar-refractivity contribution < 1.29 is 18.8 Å². The average Bonchev–Trinajstić information content (AvgIpc) is 3.06. The second kappa shape index (κ2) is 10.6. The van der Waals surface area contributed by atoms with Crippen LogP contribution in [0.4, 0.5) is 9.18 Å². The van der Waals surface area contributed by atoms with Crippen molar-refractivity contribution in [3.05, 3.63) is 76.1 Å². The minimum absolute atomic E-state index is 0.0152. The van der Waals surface area contributed by atoms with Gasteiger partial charge in [0.25, 0.3) is 5.91 Å². The molecule has 184 valence electrons. The minimum atomic E-state index is -0.353. The highest BCUT2D eigenvalue weighted by atomic mass is 35.5. The number of piperazine rings is 1. The molecule has 2 aromatic carbocycles. The van der Waals surface area contributed by atoms with Crippen molar-refractivity contribution in [2.45, 2.75) is 26.1 Å². The molecule has 4 amide bonds. The van der Waals surface area contributed by atoms with Gasteiger partial charge in [0.1, 0.15) is 12.4 Å². The van der Waals surface area contributed by atoms with Crippen LogP contribution in [0.3, 0.4) is 0 Å². The Labute approximate surface area is 209 Å². The Hall–Kier alpha value is -3.23. The molecule has 2 aliphatic heterocycles. The van der Waals surface area contributed by atoms with Crippen molar-refractivity contribution >= 4 is 35.5 Å². The lowest BCUT2D eigenvalue weighted by Gasteiger charge is -2.39. The summed E-state index contributed by atoms with van der Waals surface area (Å²) >= 11 is 6.17. The molecule has 4 rings (SSSR count). The quantitative estimate of drug-likeness (QED) is 0.451. The largest absolute Gasteiger partial charge is 0.334 e. The fourth-order valence-corrected chi connectivity index (χ4v) is 4.67. The number of carbonyl (C=O) groups excluding carboxylic acids is 3. The molecule has 0 N–H and O–H groups in total. The van der Waals surface area contributed by atoms with Crippen LogP contribution in [0.25, 0.3) is 6.08 Å². The van der Waals surface area contributed by atoms with Crippen LogP contribution in [0, 0.1) is 5.82 Å². The molecule has 2 fully saturated rings. The molecule has 2 heterocycles. The third-order valence-electron chi connectivity index (χ3n) is 6.38. The Balaban J connectivity index is 1.40. The van der Waals surface area contributed by atoms with E-state index in [1.807, 2.05) is 11.8 Å². The molecule has 2 saturated heterocycles. The van der Waals surface area contributed by atoms with Gasteiger partial charge in [0, 0.05) is 50.4 Å². The minimum Gasteiger partial charge on any atom is -0.334 e. The molecule has 0 saturated carbocycles. The maximum Gasteiger partial charge on any atom is 0.327 e. The average molecular weight is 499 g/mol. The SMILES string of the molecule is C[C@@H]1CN(Cc2ccc(F)cc2)CCN1C(=O)C=Cc1ccc(Cl)cc1CN1C(=O)CN(C)C1=O. The number of urea groups is 1. The molecular weight excluding hydrogens is 471 g/mol. The molecule has 2 aliphatic rings. The summed E-state index contributed by atoms with van der Waals surface area (Å²) in [5, 5.41) is 0.488. The third kappa shape index (κ3) is 5.89. The first-order valence-electron chi connectivity index (χ1n) is 11.5. The summed E-state index contributed by atoms with van der Waals surface area (Å²) in [7, 11) is 1.58. The lowest BCUT2D eigenvalue weighted by molar-refractivity contribution is -0.130. The van der Waals surface area contributed by atoms with Gasteiger partial charge < -0.3 is 9.80 Å². The second-order valence-corrected chi connectivity index (χ2v) is 9.47. The van der Waals surface area contributed by atoms with Gasteiger partial charge in [0.15, 0.2) is 0 Å². The van der Waals surface area contributed by atoms with E-state index in [4.69, 9.17) is 11.6 Å². The summed E-state index contributed by atoms with van der Waals surface area (Å²) in [5.41, 5.74) is 2.45. The van der Waals surface area contributed by atoms with Crippen LogP contribution in [0.5, 0.6) is 0 Å². The molecule has 1 atom stereocenters. The second-order valence-electron chi connectivity index (χ2n) is 9.04. The Morgan fingerprint density at radius 3 is 2.51 bits per heavy atom. The summed E-state index contributed by atoms with van der Waals surface area (Å²) in [4.78, 5) is 44.1. The smallest absolute Gasteiger partial charge is 0.327 e. The van der Waals surface area contributed by atoms with Crippen LogP contribution in [0.2, 0.25) is 5.02 Å². The first-order valence-corrected chi connectivity index (χ1v) is 11.9. The number of imide groups is 1. The van der Waals surface area contributed by atoms with Crippen molar-refractivity contribution in [3.8, 4) is 0 Å². The number of halogens is 2. The highest BCUT2D eigenvalue weighted by Gasteiger charge is 2.33. The van der Waals surface area contributed by atoms with Gasteiger partial charge in [-0.05, 0) is 54.0 Å². The number of likely N-dealkylation sites (N-methyl/N-ethyl adjacent to an activating group) is 1. The number of benzene rings is 2. The first kappa shape index (κ1) is 24.9. The molecule has 7 nitrogen and oxygen atoms in total. The predicted octanol–water partition coefficient (Wildman–Crippen LogP) is 3.62. The summed E-state index contributed by atoms with van der Waals surface area (Å²) in [6.07, 6.45) is 3.24. The third-order valence-corrected chi connectivity index (χ3v) is 6.62. The normalized spacial score (nSPS) is 19.3. The number of carbonyl (C=O) groups is 3. The van der Waals surface area contributed by atoms with E-state index in [1.165, 1.54) is 28.0 Å². The van der Waals surface area contributed by atoms with Gasteiger partial charge in [-0.1, -0.05) is 29.8 Å². The fourth-order valence-electron chi connectivity index (χ4n) is 4.48. The molecule has 2 aromatic rings. The van der Waals surface area contributed by atoms with E-state index in [-0.39, 0.29) is 42.8 Å². The fraction of sp³-hybridized carbons (Fsp3) is 0.346. The van der Waals surface area contributed by atoms with Crippen LogP contribution >= 0.6 is 11.6 Å². The van der Waals surface area contributed by atoms with Gasteiger partial charge >= 0.3 is 6.03 Å². The monoisotopic (exact) mass is 498 g/mol. The van der Waals surface area contributed by atoms with Crippen molar-refractivity contribution in [2.75, 3.05) is 33.2 Å².